The van der Waals surface area contributed by atoms with Crippen LogP contribution in [-0.4, -0.2) is 48.0 Å². The number of hydrogen-bond acceptors (Lipinski definition) is 6. The molecule has 6 nitrogen and oxygen atoms in total. The maximum atomic E-state index is 12.2. The highest BCUT2D eigenvalue weighted by molar-refractivity contribution is 7.80. The topological polar surface area (TPSA) is 72.9 Å². The fourth-order valence-electron chi connectivity index (χ4n) is 3.11. The van der Waals surface area contributed by atoms with Gasteiger partial charge in [-0.05, 0) is 64.8 Å². The van der Waals surface area contributed by atoms with Crippen molar-refractivity contribution in [3.8, 4) is 0 Å². The minimum Gasteiger partial charge on any atom is -0.467 e. The van der Waals surface area contributed by atoms with Crippen molar-refractivity contribution in [2.24, 2.45) is 0 Å². The van der Waals surface area contributed by atoms with Crippen molar-refractivity contribution < 1.29 is 23.9 Å². The number of rotatable bonds is 2. The fraction of sp³-hybridized carbons (Fsp3) is 0.423. The van der Waals surface area contributed by atoms with Crippen LogP contribution in [0.3, 0.4) is 0 Å². The largest absolute Gasteiger partial charge is 0.467 e. The number of thiol groups is 1. The molecule has 2 aromatic carbocycles. The molecule has 0 bridgehead atoms. The Balaban J connectivity index is 0.000000285. The number of nitrogens with zero attached hydrogens (tertiary/aromatic N) is 1. The normalized spacial score (nSPS) is 14.8. The van der Waals surface area contributed by atoms with E-state index in [1.165, 1.54) is 19.6 Å². The molecule has 1 fully saturated rings. The van der Waals surface area contributed by atoms with Gasteiger partial charge in [0.25, 0.3) is 5.91 Å². The van der Waals surface area contributed by atoms with Crippen molar-refractivity contribution in [3.05, 3.63) is 65.7 Å². The van der Waals surface area contributed by atoms with Crippen LogP contribution in [0.25, 0.3) is 0 Å². The van der Waals surface area contributed by atoms with E-state index in [9.17, 15) is 14.4 Å². The van der Waals surface area contributed by atoms with Crippen molar-refractivity contribution in [1.82, 2.24) is 4.90 Å². The molecule has 1 saturated heterocycles. The van der Waals surface area contributed by atoms with Gasteiger partial charge in [-0.1, -0.05) is 35.9 Å². The summed E-state index contributed by atoms with van der Waals surface area (Å²) in [7, 11) is 1.35. The van der Waals surface area contributed by atoms with Gasteiger partial charge in [0.1, 0.15) is 11.6 Å². The monoisotopic (exact) mass is 473 g/mol. The number of esters is 2. The number of aryl methyl sites for hydroxylation is 1. The number of methoxy groups -OCH3 is 1. The van der Waals surface area contributed by atoms with Crippen LogP contribution in [0.5, 0.6) is 0 Å². The van der Waals surface area contributed by atoms with Crippen LogP contribution < -0.4 is 0 Å². The number of carbonyl (C=O) groups excluding carboxylic acids is 3. The SMILES string of the molecule is CC(=O)OC(C)(C)C.COC(=O)C1CCCN1C(=O)c1ccccc1.Cc1ccc(S)cc1. The third-order valence-corrected chi connectivity index (χ3v) is 4.79. The van der Waals surface area contributed by atoms with Crippen LogP contribution in [-0.2, 0) is 19.1 Å². The number of likely N-dealkylation sites (tertiary alicyclic amines) is 1. The first-order chi connectivity index (χ1) is 15.4. The highest BCUT2D eigenvalue weighted by Gasteiger charge is 2.35. The quantitative estimate of drug-likeness (QED) is 0.486. The molecular formula is C26H35NO5S. The second kappa shape index (κ2) is 13.7. The average molecular weight is 474 g/mol. The van der Waals surface area contributed by atoms with E-state index in [1.54, 1.807) is 17.0 Å². The van der Waals surface area contributed by atoms with Crippen LogP contribution in [0.2, 0.25) is 0 Å². The van der Waals surface area contributed by atoms with Gasteiger partial charge in [-0.15, -0.1) is 12.6 Å². The fourth-order valence-corrected chi connectivity index (χ4v) is 3.26. The summed E-state index contributed by atoms with van der Waals surface area (Å²) in [6.07, 6.45) is 1.53. The third kappa shape index (κ3) is 11.1. The molecule has 1 amide bonds. The molecule has 33 heavy (non-hydrogen) atoms. The van der Waals surface area contributed by atoms with Gasteiger partial charge in [0, 0.05) is 23.9 Å². The van der Waals surface area contributed by atoms with Gasteiger partial charge in [-0.3, -0.25) is 9.59 Å². The zero-order valence-corrected chi connectivity index (χ0v) is 21.2. The van der Waals surface area contributed by atoms with Crippen LogP contribution in [0.15, 0.2) is 59.5 Å². The number of benzene rings is 2. The van der Waals surface area contributed by atoms with Crippen LogP contribution in [0.4, 0.5) is 0 Å². The van der Waals surface area contributed by atoms with Crippen molar-refractivity contribution in [1.29, 1.82) is 0 Å². The first kappa shape index (κ1) is 28.2. The molecule has 180 valence electrons. The summed E-state index contributed by atoms with van der Waals surface area (Å²) in [5, 5.41) is 0. The molecule has 0 aromatic heterocycles. The lowest BCUT2D eigenvalue weighted by molar-refractivity contribution is -0.152. The minimum atomic E-state index is -0.423. The van der Waals surface area contributed by atoms with E-state index >= 15 is 0 Å². The lowest BCUT2D eigenvalue weighted by Crippen LogP contribution is -2.41. The van der Waals surface area contributed by atoms with Crippen LogP contribution >= 0.6 is 12.6 Å². The van der Waals surface area contributed by atoms with Crippen LogP contribution in [0.1, 0.15) is 56.5 Å². The molecular weight excluding hydrogens is 438 g/mol. The Morgan fingerprint density at radius 1 is 1.00 bits per heavy atom. The van der Waals surface area contributed by atoms with Crippen molar-refractivity contribution in [3.63, 3.8) is 0 Å². The molecule has 1 atom stereocenters. The predicted molar refractivity (Wildman–Crippen MR) is 132 cm³/mol. The van der Waals surface area contributed by atoms with E-state index in [4.69, 9.17) is 9.47 Å². The molecule has 7 heteroatoms. The summed E-state index contributed by atoms with van der Waals surface area (Å²) >= 11 is 4.13. The summed E-state index contributed by atoms with van der Waals surface area (Å²) < 4.78 is 9.52. The molecule has 1 heterocycles. The molecule has 2 aromatic rings. The van der Waals surface area contributed by atoms with Gasteiger partial charge in [0.05, 0.1) is 7.11 Å². The lowest BCUT2D eigenvalue weighted by atomic mass is 10.1. The molecule has 1 aliphatic rings. The minimum absolute atomic E-state index is 0.0986. The molecule has 0 saturated carbocycles. The van der Waals surface area contributed by atoms with Gasteiger partial charge in [-0.2, -0.15) is 0 Å². The summed E-state index contributed by atoms with van der Waals surface area (Å²) in [4.78, 5) is 36.6. The zero-order valence-electron chi connectivity index (χ0n) is 20.3. The van der Waals surface area contributed by atoms with Gasteiger partial charge < -0.3 is 14.4 Å². The first-order valence-electron chi connectivity index (χ1n) is 10.8. The first-order valence-corrected chi connectivity index (χ1v) is 11.3. The summed E-state index contributed by atoms with van der Waals surface area (Å²) in [6, 6.07) is 16.6. The molecule has 0 aliphatic carbocycles. The van der Waals surface area contributed by atoms with Gasteiger partial charge in [0.2, 0.25) is 0 Å². The Bertz CT molecular complexity index is 870. The average Bonchev–Trinajstić information content (AvgIpc) is 3.24. The number of ether oxygens (including phenoxy) is 2. The highest BCUT2D eigenvalue weighted by Crippen LogP contribution is 2.21. The van der Waals surface area contributed by atoms with Crippen molar-refractivity contribution in [2.75, 3.05) is 13.7 Å². The zero-order chi connectivity index (χ0) is 25.0. The van der Waals surface area contributed by atoms with Gasteiger partial charge >= 0.3 is 11.9 Å². The van der Waals surface area contributed by atoms with E-state index < -0.39 is 6.04 Å². The Labute approximate surface area is 202 Å². The number of hydrogen-bond donors (Lipinski definition) is 1. The molecule has 3 rings (SSSR count). The van der Waals surface area contributed by atoms with E-state index in [0.29, 0.717) is 18.5 Å². The smallest absolute Gasteiger partial charge is 0.328 e. The molecule has 0 spiro atoms. The lowest BCUT2D eigenvalue weighted by Gasteiger charge is -2.22. The maximum Gasteiger partial charge on any atom is 0.328 e. The Morgan fingerprint density at radius 2 is 1.58 bits per heavy atom. The van der Waals surface area contributed by atoms with Gasteiger partial charge in [0.15, 0.2) is 0 Å². The molecule has 1 unspecified atom stereocenters. The third-order valence-electron chi connectivity index (χ3n) is 4.49. The van der Waals surface area contributed by atoms with E-state index in [-0.39, 0.29) is 23.4 Å². The van der Waals surface area contributed by atoms with Crippen LogP contribution in [0, 0.1) is 6.92 Å². The van der Waals surface area contributed by atoms with E-state index in [1.807, 2.05) is 63.2 Å². The molecule has 0 radical (unpaired) electrons. The summed E-state index contributed by atoms with van der Waals surface area (Å²) in [5.41, 5.74) is 1.57. The molecule has 0 N–H and O–H groups in total. The van der Waals surface area contributed by atoms with E-state index in [0.717, 1.165) is 11.3 Å². The summed E-state index contributed by atoms with van der Waals surface area (Å²) in [5.74, 6) is -0.650. The number of amides is 1. The van der Waals surface area contributed by atoms with Gasteiger partial charge in [-0.25, -0.2) is 4.79 Å². The predicted octanol–water partition coefficient (Wildman–Crippen LogP) is 5.10. The second-order valence-corrected chi connectivity index (χ2v) is 9.10. The molecule has 1 aliphatic heterocycles. The van der Waals surface area contributed by atoms with E-state index in [2.05, 4.69) is 19.6 Å². The Kier molecular flexibility index (Phi) is 11.7. The maximum absolute atomic E-state index is 12.2. The second-order valence-electron chi connectivity index (χ2n) is 8.59. The highest BCUT2D eigenvalue weighted by atomic mass is 32.1. The summed E-state index contributed by atoms with van der Waals surface area (Å²) in [6.45, 7) is 9.61. The number of carbonyl (C=O) groups is 3. The Hall–Kier alpha value is -2.80. The van der Waals surface area contributed by atoms with Crippen molar-refractivity contribution >= 4 is 30.5 Å². The van der Waals surface area contributed by atoms with Crippen molar-refractivity contribution in [2.45, 2.75) is 64.0 Å². The standard InChI is InChI=1S/C13H15NO3.C7H8S.C6H12O2/c1-17-13(16)11-8-5-9-14(11)12(15)10-6-3-2-4-7-10;1-6-2-4-7(8)5-3-6;1-5(7)8-6(2,3)4/h2-4,6-7,11H,5,8-9H2,1H3;2-5,8H,1H3;1-4H3. The Morgan fingerprint density at radius 3 is 2.00 bits per heavy atom.